The van der Waals surface area contributed by atoms with Crippen molar-refractivity contribution >= 4 is 11.9 Å². The fourth-order valence-corrected chi connectivity index (χ4v) is 2.91. The first-order valence-electron chi connectivity index (χ1n) is 8.31. The number of rotatable bonds is 6. The number of ether oxygens (including phenoxy) is 1. The maximum atomic E-state index is 12.5. The Kier molecular flexibility index (Phi) is 5.21. The SMILES string of the molecule is Cc1cc(CN2Cc3c(ccnc3C(=O)O)C2=O)ncc1OCCC(F)(F)F. The van der Waals surface area contributed by atoms with Crippen LogP contribution in [0.3, 0.4) is 0 Å². The monoisotopic (exact) mass is 395 g/mol. The van der Waals surface area contributed by atoms with Crippen molar-refractivity contribution in [2.75, 3.05) is 6.61 Å². The number of alkyl halides is 3. The van der Waals surface area contributed by atoms with E-state index in [-0.39, 0.29) is 36.0 Å². The number of aromatic nitrogens is 2. The molecule has 1 aliphatic heterocycles. The van der Waals surface area contributed by atoms with E-state index in [1.165, 1.54) is 23.4 Å². The van der Waals surface area contributed by atoms with Crippen molar-refractivity contribution in [2.45, 2.75) is 32.6 Å². The van der Waals surface area contributed by atoms with Gasteiger partial charge in [0.05, 0.1) is 31.5 Å². The van der Waals surface area contributed by atoms with Crippen LogP contribution in [0.4, 0.5) is 13.2 Å². The molecule has 2 aromatic rings. The standard InChI is InChI=1S/C18H16F3N3O4/c1-10-6-11(23-7-14(10)28-5-3-18(19,20)21)8-24-9-13-12(16(24)25)2-4-22-15(13)17(26)27/h2,4,6-7H,3,5,8-9H2,1H3,(H,26,27). The summed E-state index contributed by atoms with van der Waals surface area (Å²) >= 11 is 0. The second-order valence-corrected chi connectivity index (χ2v) is 6.31. The zero-order chi connectivity index (χ0) is 20.5. The number of carbonyl (C=O) groups is 2. The van der Waals surface area contributed by atoms with Crippen LogP contribution in [-0.2, 0) is 13.1 Å². The number of amides is 1. The highest BCUT2D eigenvalue weighted by Gasteiger charge is 2.32. The number of carboxylic acids is 1. The van der Waals surface area contributed by atoms with Gasteiger partial charge in [-0.2, -0.15) is 13.2 Å². The van der Waals surface area contributed by atoms with Crippen LogP contribution in [0.2, 0.25) is 0 Å². The maximum Gasteiger partial charge on any atom is 0.392 e. The van der Waals surface area contributed by atoms with Crippen LogP contribution < -0.4 is 4.74 Å². The fourth-order valence-electron chi connectivity index (χ4n) is 2.91. The van der Waals surface area contributed by atoms with E-state index in [0.29, 0.717) is 16.8 Å². The summed E-state index contributed by atoms with van der Waals surface area (Å²) in [6, 6.07) is 3.09. The molecule has 0 radical (unpaired) electrons. The summed E-state index contributed by atoms with van der Waals surface area (Å²) in [6.45, 7) is 1.38. The normalized spacial score (nSPS) is 13.6. The van der Waals surface area contributed by atoms with E-state index in [2.05, 4.69) is 9.97 Å². The molecule has 1 N–H and O–H groups in total. The van der Waals surface area contributed by atoms with E-state index >= 15 is 0 Å². The molecule has 0 aromatic carbocycles. The molecule has 0 saturated carbocycles. The molecule has 0 aliphatic carbocycles. The van der Waals surface area contributed by atoms with E-state index in [1.807, 2.05) is 0 Å². The highest BCUT2D eigenvalue weighted by Crippen LogP contribution is 2.27. The third-order valence-corrected chi connectivity index (χ3v) is 4.24. The summed E-state index contributed by atoms with van der Waals surface area (Å²) < 4.78 is 41.7. The Bertz CT molecular complexity index is 931. The first kappa shape index (κ1) is 19.6. The Hall–Kier alpha value is -3.17. The van der Waals surface area contributed by atoms with Gasteiger partial charge in [0.2, 0.25) is 0 Å². The maximum absolute atomic E-state index is 12.5. The van der Waals surface area contributed by atoms with E-state index in [9.17, 15) is 27.9 Å². The lowest BCUT2D eigenvalue weighted by Gasteiger charge is -2.16. The molecule has 1 amide bonds. The van der Waals surface area contributed by atoms with Crippen LogP contribution in [-0.4, -0.2) is 44.6 Å². The van der Waals surface area contributed by atoms with Gasteiger partial charge in [0, 0.05) is 23.9 Å². The molecule has 0 spiro atoms. The number of halogens is 3. The Morgan fingerprint density at radius 2 is 2.11 bits per heavy atom. The van der Waals surface area contributed by atoms with Crippen molar-refractivity contribution in [3.05, 3.63) is 52.6 Å². The number of hydrogen-bond donors (Lipinski definition) is 1. The number of aryl methyl sites for hydroxylation is 1. The molecule has 10 heteroatoms. The largest absolute Gasteiger partial charge is 0.491 e. The van der Waals surface area contributed by atoms with Crippen LogP contribution in [0.25, 0.3) is 0 Å². The van der Waals surface area contributed by atoms with Crippen molar-refractivity contribution in [2.24, 2.45) is 0 Å². The predicted molar refractivity (Wildman–Crippen MR) is 89.9 cm³/mol. The minimum Gasteiger partial charge on any atom is -0.491 e. The lowest BCUT2D eigenvalue weighted by Crippen LogP contribution is -2.24. The van der Waals surface area contributed by atoms with Gasteiger partial charge in [-0.05, 0) is 24.6 Å². The van der Waals surface area contributed by atoms with Crippen molar-refractivity contribution in [1.29, 1.82) is 0 Å². The van der Waals surface area contributed by atoms with E-state index in [4.69, 9.17) is 4.74 Å². The molecule has 0 atom stereocenters. The van der Waals surface area contributed by atoms with E-state index < -0.39 is 25.2 Å². The fraction of sp³-hybridized carbons (Fsp3) is 0.333. The number of fused-ring (bicyclic) bond motifs is 1. The molecular formula is C18H16F3N3O4. The molecule has 7 nitrogen and oxygen atoms in total. The first-order valence-corrected chi connectivity index (χ1v) is 8.31. The second-order valence-electron chi connectivity index (χ2n) is 6.31. The Balaban J connectivity index is 1.69. The average molecular weight is 395 g/mol. The molecule has 1 aliphatic rings. The Morgan fingerprint density at radius 1 is 1.36 bits per heavy atom. The lowest BCUT2D eigenvalue weighted by atomic mass is 10.1. The van der Waals surface area contributed by atoms with Gasteiger partial charge in [-0.15, -0.1) is 0 Å². The molecule has 0 unspecified atom stereocenters. The van der Waals surface area contributed by atoms with Crippen molar-refractivity contribution in [3.63, 3.8) is 0 Å². The molecule has 0 fully saturated rings. The van der Waals surface area contributed by atoms with Crippen LogP contribution in [0.5, 0.6) is 5.75 Å². The van der Waals surface area contributed by atoms with Gasteiger partial charge in [-0.25, -0.2) is 9.78 Å². The van der Waals surface area contributed by atoms with Crippen LogP contribution >= 0.6 is 0 Å². The zero-order valence-corrected chi connectivity index (χ0v) is 14.8. The Morgan fingerprint density at radius 3 is 2.75 bits per heavy atom. The van der Waals surface area contributed by atoms with Crippen LogP contribution in [0, 0.1) is 6.92 Å². The van der Waals surface area contributed by atoms with Crippen molar-refractivity contribution in [1.82, 2.24) is 14.9 Å². The van der Waals surface area contributed by atoms with Gasteiger partial charge in [0.25, 0.3) is 5.91 Å². The molecule has 0 saturated heterocycles. The number of aromatic carboxylic acids is 1. The van der Waals surface area contributed by atoms with Gasteiger partial charge in [0.15, 0.2) is 5.69 Å². The molecule has 28 heavy (non-hydrogen) atoms. The molecule has 0 bridgehead atoms. The van der Waals surface area contributed by atoms with Crippen molar-refractivity contribution in [3.8, 4) is 5.75 Å². The summed E-state index contributed by atoms with van der Waals surface area (Å²) in [6.07, 6.45) is -2.76. The molecule has 2 aromatic heterocycles. The Labute approximate surface area is 157 Å². The van der Waals surface area contributed by atoms with Gasteiger partial charge in [-0.1, -0.05) is 0 Å². The molecule has 148 valence electrons. The quantitative estimate of drug-likeness (QED) is 0.809. The molecule has 3 rings (SSSR count). The van der Waals surface area contributed by atoms with Gasteiger partial charge < -0.3 is 14.7 Å². The second kappa shape index (κ2) is 7.45. The highest BCUT2D eigenvalue weighted by molar-refractivity contribution is 6.01. The number of nitrogens with zero attached hydrogens (tertiary/aromatic N) is 3. The first-order chi connectivity index (χ1) is 13.2. The van der Waals surface area contributed by atoms with Gasteiger partial charge in [0.1, 0.15) is 5.75 Å². The number of pyridine rings is 2. The lowest BCUT2D eigenvalue weighted by molar-refractivity contribution is -0.139. The number of carboxylic acid groups (broad SMARTS) is 1. The number of carbonyl (C=O) groups excluding carboxylic acids is 1. The summed E-state index contributed by atoms with van der Waals surface area (Å²) in [5.41, 5.74) is 1.57. The van der Waals surface area contributed by atoms with E-state index in [1.54, 1.807) is 13.0 Å². The zero-order valence-electron chi connectivity index (χ0n) is 14.8. The summed E-state index contributed by atoms with van der Waals surface area (Å²) in [7, 11) is 0. The molecular weight excluding hydrogens is 379 g/mol. The minimum atomic E-state index is -4.30. The van der Waals surface area contributed by atoms with E-state index in [0.717, 1.165) is 0 Å². The van der Waals surface area contributed by atoms with Crippen LogP contribution in [0.15, 0.2) is 24.5 Å². The minimum absolute atomic E-state index is 0.0915. The van der Waals surface area contributed by atoms with Crippen molar-refractivity contribution < 1.29 is 32.6 Å². The summed E-state index contributed by atoms with van der Waals surface area (Å²) in [5, 5.41) is 9.21. The summed E-state index contributed by atoms with van der Waals surface area (Å²) in [4.78, 5) is 33.2. The third-order valence-electron chi connectivity index (χ3n) is 4.24. The predicted octanol–water partition coefficient (Wildman–Crippen LogP) is 2.97. The van der Waals surface area contributed by atoms with Crippen LogP contribution in [0.1, 0.15) is 44.1 Å². The van der Waals surface area contributed by atoms with Gasteiger partial charge >= 0.3 is 12.1 Å². The average Bonchev–Trinajstić information content (AvgIpc) is 2.92. The smallest absolute Gasteiger partial charge is 0.392 e. The topological polar surface area (TPSA) is 92.6 Å². The number of hydrogen-bond acceptors (Lipinski definition) is 5. The summed E-state index contributed by atoms with van der Waals surface area (Å²) in [5.74, 6) is -1.30. The molecule has 3 heterocycles. The van der Waals surface area contributed by atoms with Gasteiger partial charge in [-0.3, -0.25) is 9.78 Å². The third kappa shape index (κ3) is 4.21. The highest BCUT2D eigenvalue weighted by atomic mass is 19.4.